The van der Waals surface area contributed by atoms with Crippen molar-refractivity contribution in [1.82, 2.24) is 4.31 Å². The predicted molar refractivity (Wildman–Crippen MR) is 110 cm³/mol. The Morgan fingerprint density at radius 2 is 1.97 bits per heavy atom. The number of rotatable bonds is 9. The maximum Gasteiger partial charge on any atom is 0.314 e. The lowest BCUT2D eigenvalue weighted by Gasteiger charge is -2.28. The lowest BCUT2D eigenvalue weighted by atomic mass is 9.98. The molecule has 1 saturated heterocycles. The SMILES string of the molecule is CCOC(=O)[C@H]1CCC[NH+](CC(=O)Nc2cccc(S(=O)(=O)N(CC)CC)c2)C1. The average molecular weight is 427 g/mol. The van der Waals surface area contributed by atoms with Gasteiger partial charge in [-0.1, -0.05) is 19.9 Å². The molecule has 1 heterocycles. The monoisotopic (exact) mass is 426 g/mol. The summed E-state index contributed by atoms with van der Waals surface area (Å²) in [6.07, 6.45) is 1.65. The van der Waals surface area contributed by atoms with Gasteiger partial charge in [0.05, 0.1) is 24.6 Å². The number of piperidine rings is 1. The van der Waals surface area contributed by atoms with Crippen molar-refractivity contribution >= 4 is 27.6 Å². The van der Waals surface area contributed by atoms with Gasteiger partial charge in [0.1, 0.15) is 5.92 Å². The molecule has 2 atom stereocenters. The smallest absolute Gasteiger partial charge is 0.314 e. The molecule has 9 heteroatoms. The summed E-state index contributed by atoms with van der Waals surface area (Å²) < 4.78 is 31.8. The summed E-state index contributed by atoms with van der Waals surface area (Å²) in [7, 11) is -3.58. The van der Waals surface area contributed by atoms with Crippen LogP contribution in [0.15, 0.2) is 29.2 Å². The van der Waals surface area contributed by atoms with Gasteiger partial charge in [0.2, 0.25) is 10.0 Å². The van der Waals surface area contributed by atoms with Gasteiger partial charge in [-0.05, 0) is 38.0 Å². The molecule has 1 amide bonds. The van der Waals surface area contributed by atoms with Gasteiger partial charge in [-0.15, -0.1) is 0 Å². The van der Waals surface area contributed by atoms with Gasteiger partial charge in [0, 0.05) is 18.8 Å². The molecule has 0 aromatic heterocycles. The molecular weight excluding hydrogens is 394 g/mol. The number of likely N-dealkylation sites (tertiary alicyclic amines) is 1. The molecule has 29 heavy (non-hydrogen) atoms. The van der Waals surface area contributed by atoms with Gasteiger partial charge >= 0.3 is 5.97 Å². The van der Waals surface area contributed by atoms with Crippen LogP contribution in [0.1, 0.15) is 33.6 Å². The van der Waals surface area contributed by atoms with E-state index in [4.69, 9.17) is 4.74 Å². The Bertz CT molecular complexity index is 808. The highest BCUT2D eigenvalue weighted by molar-refractivity contribution is 7.89. The topological polar surface area (TPSA) is 97.2 Å². The molecule has 0 spiro atoms. The number of quaternary nitrogens is 1. The van der Waals surface area contributed by atoms with Gasteiger partial charge in [-0.25, -0.2) is 8.42 Å². The predicted octanol–water partition coefficient (Wildman–Crippen LogP) is 0.514. The second-order valence-corrected chi connectivity index (χ2v) is 9.08. The summed E-state index contributed by atoms with van der Waals surface area (Å²) in [6, 6.07) is 6.31. The van der Waals surface area contributed by atoms with Crippen LogP contribution in [0.4, 0.5) is 5.69 Å². The number of anilines is 1. The summed E-state index contributed by atoms with van der Waals surface area (Å²) in [5, 5.41) is 2.79. The molecule has 0 aliphatic carbocycles. The quantitative estimate of drug-likeness (QED) is 0.561. The Kier molecular flexibility index (Phi) is 8.60. The van der Waals surface area contributed by atoms with Crippen LogP contribution in [-0.4, -0.2) is 63.9 Å². The molecule has 0 radical (unpaired) electrons. The maximum atomic E-state index is 12.7. The van der Waals surface area contributed by atoms with Crippen LogP contribution in [0.2, 0.25) is 0 Å². The van der Waals surface area contributed by atoms with Crippen LogP contribution in [0.5, 0.6) is 0 Å². The fourth-order valence-corrected chi connectivity index (χ4v) is 5.16. The first-order valence-electron chi connectivity index (χ1n) is 10.2. The molecule has 1 aromatic carbocycles. The van der Waals surface area contributed by atoms with Crippen LogP contribution >= 0.6 is 0 Å². The van der Waals surface area contributed by atoms with Crippen molar-refractivity contribution in [3.63, 3.8) is 0 Å². The minimum atomic E-state index is -3.58. The number of sulfonamides is 1. The van der Waals surface area contributed by atoms with E-state index in [0.29, 0.717) is 31.9 Å². The number of benzene rings is 1. The number of esters is 1. The van der Waals surface area contributed by atoms with Crippen molar-refractivity contribution in [2.45, 2.75) is 38.5 Å². The van der Waals surface area contributed by atoms with Crippen molar-refractivity contribution in [2.24, 2.45) is 5.92 Å². The number of nitrogens with zero attached hydrogens (tertiary/aromatic N) is 1. The normalized spacial score (nSPS) is 19.7. The first-order chi connectivity index (χ1) is 13.8. The van der Waals surface area contributed by atoms with Gasteiger partial charge in [-0.2, -0.15) is 4.31 Å². The van der Waals surface area contributed by atoms with Gasteiger partial charge in [-0.3, -0.25) is 9.59 Å². The molecule has 1 unspecified atom stereocenters. The number of carbonyl (C=O) groups is 2. The molecule has 2 N–H and O–H groups in total. The third kappa shape index (κ3) is 6.25. The standard InChI is InChI=1S/C20H31N3O5S/c1-4-23(5-2)29(26,27)18-11-7-10-17(13-18)21-19(24)15-22-12-8-9-16(14-22)20(25)28-6-3/h7,10-11,13,16H,4-6,8-9,12,14-15H2,1-3H3,(H,21,24)/p+1/t16-/m0/s1. The van der Waals surface area contributed by atoms with Crippen molar-refractivity contribution < 1.29 is 27.6 Å². The molecule has 0 bridgehead atoms. The summed E-state index contributed by atoms with van der Waals surface area (Å²) >= 11 is 0. The minimum absolute atomic E-state index is 0.159. The molecule has 1 aromatic rings. The van der Waals surface area contributed by atoms with Gasteiger partial charge < -0.3 is 15.0 Å². The number of hydrogen-bond donors (Lipinski definition) is 2. The first-order valence-corrected chi connectivity index (χ1v) is 11.7. The highest BCUT2D eigenvalue weighted by Gasteiger charge is 2.31. The third-order valence-corrected chi connectivity index (χ3v) is 7.16. The zero-order chi connectivity index (χ0) is 21.4. The van der Waals surface area contributed by atoms with Crippen molar-refractivity contribution in [3.8, 4) is 0 Å². The largest absolute Gasteiger partial charge is 0.466 e. The highest BCUT2D eigenvalue weighted by atomic mass is 32.2. The van der Waals surface area contributed by atoms with Crippen LogP contribution in [0.3, 0.4) is 0 Å². The number of hydrogen-bond acceptors (Lipinski definition) is 5. The van der Waals surface area contributed by atoms with E-state index in [2.05, 4.69) is 5.32 Å². The van der Waals surface area contributed by atoms with E-state index in [1.165, 1.54) is 16.4 Å². The Morgan fingerprint density at radius 3 is 2.62 bits per heavy atom. The van der Waals surface area contributed by atoms with E-state index in [-0.39, 0.29) is 29.2 Å². The summed E-state index contributed by atoms with van der Waals surface area (Å²) in [5.74, 6) is -0.574. The maximum absolute atomic E-state index is 12.7. The van der Waals surface area contributed by atoms with Crippen molar-refractivity contribution in [1.29, 1.82) is 0 Å². The molecule has 1 aliphatic heterocycles. The molecule has 162 valence electrons. The van der Waals surface area contributed by atoms with E-state index in [1.54, 1.807) is 32.9 Å². The lowest BCUT2D eigenvalue weighted by Crippen LogP contribution is -3.14. The zero-order valence-corrected chi connectivity index (χ0v) is 18.3. The highest BCUT2D eigenvalue weighted by Crippen LogP contribution is 2.19. The van der Waals surface area contributed by atoms with E-state index in [1.807, 2.05) is 0 Å². The van der Waals surface area contributed by atoms with Crippen molar-refractivity contribution in [2.75, 3.05) is 44.6 Å². The van der Waals surface area contributed by atoms with Crippen LogP contribution < -0.4 is 10.2 Å². The first kappa shape index (κ1) is 23.3. The van der Waals surface area contributed by atoms with Gasteiger partial charge in [0.25, 0.3) is 5.91 Å². The third-order valence-electron chi connectivity index (χ3n) is 5.11. The van der Waals surface area contributed by atoms with Crippen LogP contribution in [0, 0.1) is 5.92 Å². The van der Waals surface area contributed by atoms with Crippen LogP contribution in [0.25, 0.3) is 0 Å². The lowest BCUT2D eigenvalue weighted by molar-refractivity contribution is -0.899. The fraction of sp³-hybridized carbons (Fsp3) is 0.600. The average Bonchev–Trinajstić information content (AvgIpc) is 2.69. The Labute approximate surface area is 173 Å². The van der Waals surface area contributed by atoms with E-state index in [0.717, 1.165) is 24.3 Å². The van der Waals surface area contributed by atoms with Crippen molar-refractivity contribution in [3.05, 3.63) is 24.3 Å². The van der Waals surface area contributed by atoms with Gasteiger partial charge in [0.15, 0.2) is 6.54 Å². The Hall–Kier alpha value is -1.97. The number of carbonyl (C=O) groups excluding carboxylic acids is 2. The van der Waals surface area contributed by atoms with E-state index >= 15 is 0 Å². The summed E-state index contributed by atoms with van der Waals surface area (Å²) in [4.78, 5) is 25.6. The molecule has 1 fully saturated rings. The minimum Gasteiger partial charge on any atom is -0.466 e. The molecular formula is C20H32N3O5S+. The molecule has 1 aliphatic rings. The summed E-state index contributed by atoms with van der Waals surface area (Å²) in [5.41, 5.74) is 0.446. The molecule has 2 rings (SSSR count). The fourth-order valence-electron chi connectivity index (χ4n) is 3.65. The molecule has 8 nitrogen and oxygen atoms in total. The number of nitrogens with one attached hydrogen (secondary N) is 2. The Balaban J connectivity index is 2.00. The Morgan fingerprint density at radius 1 is 1.24 bits per heavy atom. The number of amides is 1. The molecule has 0 saturated carbocycles. The second-order valence-electron chi connectivity index (χ2n) is 7.14. The second kappa shape index (κ2) is 10.7. The summed E-state index contributed by atoms with van der Waals surface area (Å²) in [6.45, 7) is 8.11. The zero-order valence-electron chi connectivity index (χ0n) is 17.4. The number of ether oxygens (including phenoxy) is 1. The van der Waals surface area contributed by atoms with E-state index < -0.39 is 10.0 Å². The van der Waals surface area contributed by atoms with E-state index in [9.17, 15) is 18.0 Å². The van der Waals surface area contributed by atoms with Crippen LogP contribution in [-0.2, 0) is 24.3 Å².